The summed E-state index contributed by atoms with van der Waals surface area (Å²) in [5.41, 5.74) is 1.54. The van der Waals surface area contributed by atoms with Crippen LogP contribution in [-0.4, -0.2) is 32.3 Å². The quantitative estimate of drug-likeness (QED) is 0.830. The van der Waals surface area contributed by atoms with Gasteiger partial charge in [-0.3, -0.25) is 0 Å². The number of amides is 1. The summed E-state index contributed by atoms with van der Waals surface area (Å²) >= 11 is 0. The molecule has 1 atom stereocenters. The van der Waals surface area contributed by atoms with Crippen molar-refractivity contribution < 1.29 is 19.1 Å². The van der Waals surface area contributed by atoms with Crippen molar-refractivity contribution in [1.82, 2.24) is 5.32 Å². The maximum atomic E-state index is 11.3. The molecule has 0 saturated heterocycles. The van der Waals surface area contributed by atoms with E-state index >= 15 is 0 Å². The van der Waals surface area contributed by atoms with Crippen molar-refractivity contribution in [3.8, 4) is 0 Å². The third kappa shape index (κ3) is 4.62. The Morgan fingerprint density at radius 3 is 2.42 bits per heavy atom. The molecule has 0 aliphatic carbocycles. The van der Waals surface area contributed by atoms with E-state index in [1.807, 2.05) is 19.1 Å². The molecular formula is C14H19NO4. The highest BCUT2D eigenvalue weighted by Crippen LogP contribution is 2.15. The van der Waals surface area contributed by atoms with Gasteiger partial charge in [0.2, 0.25) is 0 Å². The summed E-state index contributed by atoms with van der Waals surface area (Å²) in [7, 11) is 1.35. The number of hydrogen-bond donors (Lipinski definition) is 1. The van der Waals surface area contributed by atoms with Crippen LogP contribution in [0.15, 0.2) is 24.3 Å². The van der Waals surface area contributed by atoms with Crippen LogP contribution in [0.1, 0.15) is 35.7 Å². The molecule has 0 saturated carbocycles. The summed E-state index contributed by atoms with van der Waals surface area (Å²) in [4.78, 5) is 22.5. The number of alkyl carbamates (subject to hydrolysis) is 1. The van der Waals surface area contributed by atoms with E-state index in [4.69, 9.17) is 4.74 Å². The van der Waals surface area contributed by atoms with Gasteiger partial charge in [-0.2, -0.15) is 0 Å². The Bertz CT molecular complexity index is 428. The van der Waals surface area contributed by atoms with E-state index in [9.17, 15) is 9.59 Å². The average molecular weight is 265 g/mol. The number of carbonyl (C=O) groups excluding carboxylic acids is 2. The average Bonchev–Trinajstić information content (AvgIpc) is 2.44. The van der Waals surface area contributed by atoms with Crippen LogP contribution in [0.3, 0.4) is 0 Å². The standard InChI is InChI=1S/C14H19NO4/c1-4-19-14(17)15-9-10(2)11-5-7-12(8-6-11)13(16)18-3/h5-8,10H,4,9H2,1-3H3,(H,15,17). The molecule has 0 radical (unpaired) electrons. The number of rotatable bonds is 5. The number of methoxy groups -OCH3 is 1. The van der Waals surface area contributed by atoms with E-state index in [0.29, 0.717) is 18.7 Å². The van der Waals surface area contributed by atoms with Crippen molar-refractivity contribution in [3.63, 3.8) is 0 Å². The molecule has 1 N–H and O–H groups in total. The fraction of sp³-hybridized carbons (Fsp3) is 0.429. The molecular weight excluding hydrogens is 246 g/mol. The Labute approximate surface area is 112 Å². The van der Waals surface area contributed by atoms with Crippen molar-refractivity contribution in [1.29, 1.82) is 0 Å². The fourth-order valence-corrected chi connectivity index (χ4v) is 1.60. The highest BCUT2D eigenvalue weighted by molar-refractivity contribution is 5.89. The van der Waals surface area contributed by atoms with Crippen LogP contribution in [0.2, 0.25) is 0 Å². The minimum absolute atomic E-state index is 0.135. The largest absolute Gasteiger partial charge is 0.465 e. The summed E-state index contributed by atoms with van der Waals surface area (Å²) < 4.78 is 9.41. The Kier molecular flexibility index (Phi) is 5.85. The number of nitrogens with one attached hydrogen (secondary N) is 1. The van der Waals surface area contributed by atoms with Crippen LogP contribution in [0.4, 0.5) is 4.79 Å². The van der Waals surface area contributed by atoms with Gasteiger partial charge < -0.3 is 14.8 Å². The van der Waals surface area contributed by atoms with Crippen LogP contribution in [0.25, 0.3) is 0 Å². The van der Waals surface area contributed by atoms with Crippen molar-refractivity contribution in [2.24, 2.45) is 0 Å². The summed E-state index contributed by atoms with van der Waals surface area (Å²) in [5.74, 6) is -0.222. The molecule has 0 spiro atoms. The van der Waals surface area contributed by atoms with Crippen molar-refractivity contribution >= 4 is 12.1 Å². The van der Waals surface area contributed by atoms with Crippen molar-refractivity contribution in [3.05, 3.63) is 35.4 Å². The smallest absolute Gasteiger partial charge is 0.407 e. The first-order valence-corrected chi connectivity index (χ1v) is 6.17. The van der Waals surface area contributed by atoms with Crippen LogP contribution in [0, 0.1) is 0 Å². The molecule has 1 unspecified atom stereocenters. The first-order chi connectivity index (χ1) is 9.08. The molecule has 1 rings (SSSR count). The van der Waals surface area contributed by atoms with Crippen molar-refractivity contribution in [2.45, 2.75) is 19.8 Å². The van der Waals surface area contributed by atoms with Crippen LogP contribution >= 0.6 is 0 Å². The molecule has 5 nitrogen and oxygen atoms in total. The second-order valence-corrected chi connectivity index (χ2v) is 4.12. The fourth-order valence-electron chi connectivity index (χ4n) is 1.60. The minimum atomic E-state index is -0.416. The molecule has 0 aliphatic heterocycles. The number of hydrogen-bond acceptors (Lipinski definition) is 4. The van der Waals surface area contributed by atoms with Crippen molar-refractivity contribution in [2.75, 3.05) is 20.3 Å². The second kappa shape index (κ2) is 7.41. The van der Waals surface area contributed by atoms with Gasteiger partial charge in [-0.05, 0) is 30.5 Å². The van der Waals surface area contributed by atoms with E-state index < -0.39 is 6.09 Å². The molecule has 104 valence electrons. The lowest BCUT2D eigenvalue weighted by Crippen LogP contribution is -2.28. The first-order valence-electron chi connectivity index (χ1n) is 6.17. The lowest BCUT2D eigenvalue weighted by atomic mass is 10.00. The van der Waals surface area contributed by atoms with E-state index in [-0.39, 0.29) is 11.9 Å². The number of esters is 1. The monoisotopic (exact) mass is 265 g/mol. The van der Waals surface area contributed by atoms with Gasteiger partial charge in [0.05, 0.1) is 19.3 Å². The van der Waals surface area contributed by atoms with Gasteiger partial charge in [0, 0.05) is 6.54 Å². The molecule has 1 aromatic rings. The Balaban J connectivity index is 2.55. The molecule has 0 aromatic heterocycles. The first kappa shape index (κ1) is 15.0. The molecule has 1 aromatic carbocycles. The van der Waals surface area contributed by atoms with Gasteiger partial charge in [-0.15, -0.1) is 0 Å². The van der Waals surface area contributed by atoms with Gasteiger partial charge in [-0.1, -0.05) is 19.1 Å². The third-order valence-electron chi connectivity index (χ3n) is 2.73. The maximum absolute atomic E-state index is 11.3. The van der Waals surface area contributed by atoms with E-state index in [2.05, 4.69) is 10.1 Å². The Hall–Kier alpha value is -2.04. The maximum Gasteiger partial charge on any atom is 0.407 e. The van der Waals surface area contributed by atoms with E-state index in [1.54, 1.807) is 19.1 Å². The number of ether oxygens (including phenoxy) is 2. The molecule has 5 heteroatoms. The normalized spacial score (nSPS) is 11.5. The van der Waals surface area contributed by atoms with Crippen LogP contribution in [-0.2, 0) is 9.47 Å². The topological polar surface area (TPSA) is 64.6 Å². The second-order valence-electron chi connectivity index (χ2n) is 4.12. The Morgan fingerprint density at radius 1 is 1.26 bits per heavy atom. The highest BCUT2D eigenvalue weighted by Gasteiger charge is 2.10. The van der Waals surface area contributed by atoms with E-state index in [0.717, 1.165) is 5.56 Å². The third-order valence-corrected chi connectivity index (χ3v) is 2.73. The SMILES string of the molecule is CCOC(=O)NCC(C)c1ccc(C(=O)OC)cc1. The zero-order valence-corrected chi connectivity index (χ0v) is 11.4. The van der Waals surface area contributed by atoms with Gasteiger partial charge in [0.15, 0.2) is 0 Å². The zero-order chi connectivity index (χ0) is 14.3. The number of carbonyl (C=O) groups is 2. The van der Waals surface area contributed by atoms with Crippen LogP contribution < -0.4 is 5.32 Å². The summed E-state index contributed by atoms with van der Waals surface area (Å²) in [5, 5.41) is 2.68. The molecule has 19 heavy (non-hydrogen) atoms. The summed E-state index contributed by atoms with van der Waals surface area (Å²) in [6.45, 7) is 4.58. The molecule has 0 aliphatic rings. The predicted molar refractivity (Wildman–Crippen MR) is 71.2 cm³/mol. The predicted octanol–water partition coefficient (Wildman–Crippen LogP) is 2.32. The highest BCUT2D eigenvalue weighted by atomic mass is 16.5. The zero-order valence-electron chi connectivity index (χ0n) is 11.4. The van der Waals surface area contributed by atoms with Crippen LogP contribution in [0.5, 0.6) is 0 Å². The lowest BCUT2D eigenvalue weighted by Gasteiger charge is -2.13. The van der Waals surface area contributed by atoms with Gasteiger partial charge >= 0.3 is 12.1 Å². The van der Waals surface area contributed by atoms with Gasteiger partial charge in [-0.25, -0.2) is 9.59 Å². The Morgan fingerprint density at radius 2 is 1.89 bits per heavy atom. The summed E-state index contributed by atoms with van der Waals surface area (Å²) in [6, 6.07) is 7.12. The van der Waals surface area contributed by atoms with E-state index in [1.165, 1.54) is 7.11 Å². The number of benzene rings is 1. The molecule has 0 heterocycles. The van der Waals surface area contributed by atoms with Gasteiger partial charge in [0.1, 0.15) is 0 Å². The summed E-state index contributed by atoms with van der Waals surface area (Å²) in [6.07, 6.45) is -0.416. The molecule has 1 amide bonds. The molecule has 0 bridgehead atoms. The van der Waals surface area contributed by atoms with Gasteiger partial charge in [0.25, 0.3) is 0 Å². The minimum Gasteiger partial charge on any atom is -0.465 e. The molecule has 0 fully saturated rings. The lowest BCUT2D eigenvalue weighted by molar-refractivity contribution is 0.0600.